The fourth-order valence-corrected chi connectivity index (χ4v) is 4.71. The first kappa shape index (κ1) is 19.4. The number of carbonyl (C=O) groups excluding carboxylic acids is 1. The van der Waals surface area contributed by atoms with E-state index in [1.807, 2.05) is 18.2 Å². The summed E-state index contributed by atoms with van der Waals surface area (Å²) in [6.07, 6.45) is 8.25. The van der Waals surface area contributed by atoms with Gasteiger partial charge >= 0.3 is 0 Å². The van der Waals surface area contributed by atoms with Crippen molar-refractivity contribution in [1.82, 2.24) is 14.8 Å². The van der Waals surface area contributed by atoms with Gasteiger partial charge in [-0.3, -0.25) is 9.78 Å². The molecule has 162 valence electrons. The summed E-state index contributed by atoms with van der Waals surface area (Å²) in [5.41, 5.74) is 9.78. The lowest BCUT2D eigenvalue weighted by atomic mass is 9.93. The number of anilines is 1. The van der Waals surface area contributed by atoms with E-state index in [0.29, 0.717) is 34.7 Å². The van der Waals surface area contributed by atoms with Gasteiger partial charge in [0.2, 0.25) is 0 Å². The number of aromatic nitrogens is 3. The normalized spacial score (nSPS) is 19.0. The summed E-state index contributed by atoms with van der Waals surface area (Å²) in [6, 6.07) is 8.44. The lowest BCUT2D eigenvalue weighted by molar-refractivity contribution is -0.0391. The molecule has 1 atom stereocenters. The number of hydrogen-bond donors (Lipinski definition) is 1. The first-order chi connectivity index (χ1) is 15.6. The molecule has 0 spiro atoms. The van der Waals surface area contributed by atoms with E-state index < -0.39 is 5.82 Å². The Hall–Kier alpha value is -3.32. The van der Waals surface area contributed by atoms with Crippen molar-refractivity contribution in [3.63, 3.8) is 0 Å². The molecule has 1 aliphatic carbocycles. The van der Waals surface area contributed by atoms with Crippen molar-refractivity contribution in [2.45, 2.75) is 44.2 Å². The van der Waals surface area contributed by atoms with Crippen LogP contribution in [0.2, 0.25) is 0 Å². The standard InChI is InChI=1S/C25H23FN4O2/c26-20-9-8-15(19-13-30(29-24(19)20)21-5-1-2-11-32-21)25(31)18-12-17(14-6-7-14)23-16(22(18)27)4-3-10-28-23/h3-4,8-10,12-14,21H,1-2,5-7,11,27H2. The van der Waals surface area contributed by atoms with Crippen LogP contribution in [0.4, 0.5) is 10.1 Å². The van der Waals surface area contributed by atoms with Gasteiger partial charge in [-0.1, -0.05) is 0 Å². The highest BCUT2D eigenvalue weighted by Crippen LogP contribution is 2.45. The molecule has 6 nitrogen and oxygen atoms in total. The van der Waals surface area contributed by atoms with E-state index in [0.717, 1.165) is 48.6 Å². The maximum absolute atomic E-state index is 14.6. The Kier molecular flexibility index (Phi) is 4.47. The summed E-state index contributed by atoms with van der Waals surface area (Å²) in [5.74, 6) is -0.288. The number of carbonyl (C=O) groups is 1. The number of halogens is 1. The fraction of sp³-hybridized carbons (Fsp3) is 0.320. The van der Waals surface area contributed by atoms with Crippen LogP contribution >= 0.6 is 0 Å². The van der Waals surface area contributed by atoms with Crippen LogP contribution in [-0.4, -0.2) is 27.2 Å². The molecule has 1 aliphatic heterocycles. The van der Waals surface area contributed by atoms with Crippen LogP contribution < -0.4 is 5.73 Å². The van der Waals surface area contributed by atoms with Crippen LogP contribution in [0.15, 0.2) is 42.7 Å². The summed E-state index contributed by atoms with van der Waals surface area (Å²) in [5, 5.41) is 5.68. The van der Waals surface area contributed by atoms with Crippen LogP contribution in [0.5, 0.6) is 0 Å². The van der Waals surface area contributed by atoms with E-state index in [-0.39, 0.29) is 17.5 Å². The molecule has 2 fully saturated rings. The van der Waals surface area contributed by atoms with Gasteiger partial charge in [-0.05, 0) is 73.9 Å². The highest BCUT2D eigenvalue weighted by atomic mass is 19.1. The van der Waals surface area contributed by atoms with Gasteiger partial charge in [0.15, 0.2) is 11.6 Å². The Morgan fingerprint density at radius 2 is 1.97 bits per heavy atom. The molecule has 2 aromatic carbocycles. The van der Waals surface area contributed by atoms with Gasteiger partial charge in [-0.2, -0.15) is 5.10 Å². The van der Waals surface area contributed by atoms with Crippen LogP contribution in [0.3, 0.4) is 0 Å². The zero-order valence-electron chi connectivity index (χ0n) is 17.6. The third-order valence-corrected chi connectivity index (χ3v) is 6.56. The number of fused-ring (bicyclic) bond motifs is 2. The molecule has 0 bridgehead atoms. The highest BCUT2D eigenvalue weighted by molar-refractivity contribution is 6.20. The van der Waals surface area contributed by atoms with Gasteiger partial charge < -0.3 is 10.5 Å². The molecule has 2 aromatic heterocycles. The lowest BCUT2D eigenvalue weighted by Crippen LogP contribution is -2.18. The largest absolute Gasteiger partial charge is 0.398 e. The highest BCUT2D eigenvalue weighted by Gasteiger charge is 2.29. The molecular formula is C25H23FN4O2. The van der Waals surface area contributed by atoms with Gasteiger partial charge in [0.25, 0.3) is 0 Å². The second-order valence-corrected chi connectivity index (χ2v) is 8.72. The average molecular weight is 430 g/mol. The topological polar surface area (TPSA) is 83.0 Å². The zero-order valence-corrected chi connectivity index (χ0v) is 17.6. The Labute approximate surface area is 184 Å². The number of benzene rings is 2. The van der Waals surface area contributed by atoms with Gasteiger partial charge in [0.1, 0.15) is 11.7 Å². The smallest absolute Gasteiger partial charge is 0.195 e. The molecule has 2 aliphatic rings. The van der Waals surface area contributed by atoms with E-state index in [9.17, 15) is 9.18 Å². The Balaban J connectivity index is 1.50. The number of hydrogen-bond acceptors (Lipinski definition) is 5. The third-order valence-electron chi connectivity index (χ3n) is 6.56. The molecule has 0 amide bonds. The van der Waals surface area contributed by atoms with Gasteiger partial charge in [0.05, 0.1) is 11.2 Å². The van der Waals surface area contributed by atoms with Crippen LogP contribution in [0, 0.1) is 5.82 Å². The van der Waals surface area contributed by atoms with Gasteiger partial charge in [-0.25, -0.2) is 9.07 Å². The summed E-state index contributed by atoms with van der Waals surface area (Å²) >= 11 is 0. The van der Waals surface area contributed by atoms with Crippen molar-refractivity contribution in [2.75, 3.05) is 12.3 Å². The van der Waals surface area contributed by atoms with Crippen molar-refractivity contribution >= 4 is 33.3 Å². The van der Waals surface area contributed by atoms with Crippen molar-refractivity contribution in [3.05, 3.63) is 65.2 Å². The SMILES string of the molecule is Nc1c(C(=O)c2ccc(F)c3nn(C4CCCCO4)cc23)cc(C2CC2)c2ncccc12. The second-order valence-electron chi connectivity index (χ2n) is 8.72. The predicted octanol–water partition coefficient (Wildman–Crippen LogP) is 5.11. The molecule has 3 heterocycles. The number of nitrogen functional groups attached to an aromatic ring is 1. The van der Waals surface area contributed by atoms with Crippen molar-refractivity contribution in [1.29, 1.82) is 0 Å². The number of rotatable bonds is 4. The summed E-state index contributed by atoms with van der Waals surface area (Å²) in [4.78, 5) is 18.3. The van der Waals surface area contributed by atoms with Crippen molar-refractivity contribution < 1.29 is 13.9 Å². The summed E-state index contributed by atoms with van der Waals surface area (Å²) in [7, 11) is 0. The Morgan fingerprint density at radius 1 is 1.09 bits per heavy atom. The predicted molar refractivity (Wildman–Crippen MR) is 120 cm³/mol. The van der Waals surface area contributed by atoms with E-state index in [1.54, 1.807) is 17.1 Å². The van der Waals surface area contributed by atoms with E-state index >= 15 is 0 Å². The number of ketones is 1. The van der Waals surface area contributed by atoms with Gasteiger partial charge in [0, 0.05) is 40.9 Å². The molecular weight excluding hydrogens is 407 g/mol. The van der Waals surface area contributed by atoms with Gasteiger partial charge in [-0.15, -0.1) is 0 Å². The van der Waals surface area contributed by atoms with E-state index in [1.165, 1.54) is 12.1 Å². The second kappa shape index (κ2) is 7.38. The molecule has 6 rings (SSSR count). The maximum Gasteiger partial charge on any atom is 0.195 e. The molecule has 7 heteroatoms. The Bertz CT molecular complexity index is 1370. The summed E-state index contributed by atoms with van der Waals surface area (Å²) < 4.78 is 22.1. The van der Waals surface area contributed by atoms with E-state index in [2.05, 4.69) is 10.1 Å². The minimum atomic E-state index is -0.458. The lowest BCUT2D eigenvalue weighted by Gasteiger charge is -2.22. The number of pyridine rings is 1. The third kappa shape index (κ3) is 3.07. The number of nitrogens with two attached hydrogens (primary N) is 1. The first-order valence-electron chi connectivity index (χ1n) is 11.1. The first-order valence-corrected chi connectivity index (χ1v) is 11.1. The number of ether oxygens (including phenoxy) is 1. The minimum absolute atomic E-state index is 0.175. The monoisotopic (exact) mass is 430 g/mol. The van der Waals surface area contributed by atoms with Crippen molar-refractivity contribution in [2.24, 2.45) is 0 Å². The Morgan fingerprint density at radius 3 is 2.75 bits per heavy atom. The molecule has 4 aromatic rings. The maximum atomic E-state index is 14.6. The molecule has 32 heavy (non-hydrogen) atoms. The molecule has 1 saturated carbocycles. The van der Waals surface area contributed by atoms with Crippen LogP contribution in [0.1, 0.15) is 65.7 Å². The van der Waals surface area contributed by atoms with E-state index in [4.69, 9.17) is 10.5 Å². The summed E-state index contributed by atoms with van der Waals surface area (Å²) in [6.45, 7) is 0.654. The average Bonchev–Trinajstić information content (AvgIpc) is 3.57. The van der Waals surface area contributed by atoms with Crippen LogP contribution in [0.25, 0.3) is 21.8 Å². The molecule has 2 N–H and O–H groups in total. The fourth-order valence-electron chi connectivity index (χ4n) is 4.71. The zero-order chi connectivity index (χ0) is 21.8. The van der Waals surface area contributed by atoms with Crippen LogP contribution in [-0.2, 0) is 4.74 Å². The van der Waals surface area contributed by atoms with Crippen molar-refractivity contribution in [3.8, 4) is 0 Å². The molecule has 1 unspecified atom stereocenters. The molecule has 0 radical (unpaired) electrons. The number of nitrogens with zero attached hydrogens (tertiary/aromatic N) is 3. The molecule has 1 saturated heterocycles. The minimum Gasteiger partial charge on any atom is -0.398 e. The quantitative estimate of drug-likeness (QED) is 0.359.